The van der Waals surface area contributed by atoms with Crippen molar-refractivity contribution < 1.29 is 9.53 Å². The second-order valence-corrected chi connectivity index (χ2v) is 5.96. The molecule has 2 unspecified atom stereocenters. The lowest BCUT2D eigenvalue weighted by Gasteiger charge is -2.34. The third-order valence-corrected chi connectivity index (χ3v) is 4.37. The van der Waals surface area contributed by atoms with E-state index in [1.807, 2.05) is 48.5 Å². The molecule has 0 saturated heterocycles. The average molecular weight is 294 g/mol. The van der Waals surface area contributed by atoms with Crippen molar-refractivity contribution in [1.82, 2.24) is 0 Å². The zero-order valence-electron chi connectivity index (χ0n) is 12.2. The summed E-state index contributed by atoms with van der Waals surface area (Å²) in [6.07, 6.45) is 0.991. The molecule has 4 nitrogen and oxygen atoms in total. The van der Waals surface area contributed by atoms with Crippen LogP contribution in [0.3, 0.4) is 0 Å². The Hall–Kier alpha value is -2.33. The summed E-state index contributed by atoms with van der Waals surface area (Å²) < 4.78 is 5.84. The summed E-state index contributed by atoms with van der Waals surface area (Å²) in [5.41, 5.74) is 9.32. The number of hydrogen-bond acceptors (Lipinski definition) is 3. The Morgan fingerprint density at radius 2 is 1.77 bits per heavy atom. The molecule has 2 aromatic carbocycles. The minimum Gasteiger partial charge on any atom is -0.480 e. The zero-order chi connectivity index (χ0) is 15.1. The molecule has 4 rings (SSSR count). The van der Waals surface area contributed by atoms with Crippen molar-refractivity contribution in [3.63, 3.8) is 0 Å². The number of amides is 1. The summed E-state index contributed by atoms with van der Waals surface area (Å²) in [5.74, 6) is 0.814. The van der Waals surface area contributed by atoms with Crippen LogP contribution in [0.4, 0.5) is 5.69 Å². The summed E-state index contributed by atoms with van der Waals surface area (Å²) in [7, 11) is 0. The van der Waals surface area contributed by atoms with Crippen LogP contribution in [-0.2, 0) is 17.6 Å². The largest absolute Gasteiger partial charge is 0.480 e. The van der Waals surface area contributed by atoms with Crippen LogP contribution < -0.4 is 15.4 Å². The van der Waals surface area contributed by atoms with Gasteiger partial charge < -0.3 is 15.4 Å². The highest BCUT2D eigenvalue weighted by Crippen LogP contribution is 2.32. The second-order valence-electron chi connectivity index (χ2n) is 5.96. The smallest absolute Gasteiger partial charge is 0.268 e. The fraction of sp³-hybridized carbons (Fsp3) is 0.278. The van der Waals surface area contributed by atoms with E-state index >= 15 is 0 Å². The van der Waals surface area contributed by atoms with Gasteiger partial charge in [0.1, 0.15) is 5.75 Å². The first-order valence-electron chi connectivity index (χ1n) is 7.62. The standard InChI is InChI=1S/C18H18N2O2/c19-14-9-12-5-1-3-7-15(12)20(11-14)18(21)17-10-13-6-2-4-8-16(13)22-17/h1-8,14,17H,9-11,19H2. The van der Waals surface area contributed by atoms with Crippen molar-refractivity contribution in [1.29, 1.82) is 0 Å². The normalized spacial score (nSPS) is 22.7. The highest BCUT2D eigenvalue weighted by Gasteiger charge is 2.35. The maximum absolute atomic E-state index is 12.9. The van der Waals surface area contributed by atoms with Gasteiger partial charge in [-0.2, -0.15) is 0 Å². The molecule has 0 aromatic heterocycles. The van der Waals surface area contributed by atoms with Gasteiger partial charge >= 0.3 is 0 Å². The quantitative estimate of drug-likeness (QED) is 0.874. The van der Waals surface area contributed by atoms with Crippen molar-refractivity contribution in [2.75, 3.05) is 11.4 Å². The minimum absolute atomic E-state index is 0.00111. The number of rotatable bonds is 1. The van der Waals surface area contributed by atoms with Crippen LogP contribution in [0.1, 0.15) is 11.1 Å². The summed E-state index contributed by atoms with van der Waals surface area (Å²) in [5, 5.41) is 0. The van der Waals surface area contributed by atoms with Gasteiger partial charge in [0.25, 0.3) is 5.91 Å². The molecule has 0 fully saturated rings. The van der Waals surface area contributed by atoms with Crippen LogP contribution in [0, 0.1) is 0 Å². The molecule has 112 valence electrons. The van der Waals surface area contributed by atoms with Gasteiger partial charge in [-0.1, -0.05) is 36.4 Å². The monoisotopic (exact) mass is 294 g/mol. The summed E-state index contributed by atoms with van der Waals surface area (Å²) >= 11 is 0. The number of anilines is 1. The molecule has 0 bridgehead atoms. The fourth-order valence-corrected chi connectivity index (χ4v) is 3.33. The summed E-state index contributed by atoms with van der Waals surface area (Å²) in [4.78, 5) is 14.7. The lowest BCUT2D eigenvalue weighted by Crippen LogP contribution is -2.50. The number of nitrogens with two attached hydrogens (primary N) is 1. The van der Waals surface area contributed by atoms with Crippen molar-refractivity contribution in [3.8, 4) is 5.75 Å². The first kappa shape index (κ1) is 13.3. The van der Waals surface area contributed by atoms with Crippen LogP contribution in [0.25, 0.3) is 0 Å². The van der Waals surface area contributed by atoms with Gasteiger partial charge in [0, 0.05) is 24.7 Å². The second kappa shape index (κ2) is 5.14. The van der Waals surface area contributed by atoms with E-state index in [0.29, 0.717) is 13.0 Å². The Morgan fingerprint density at radius 1 is 1.05 bits per heavy atom. The van der Waals surface area contributed by atoms with Crippen molar-refractivity contribution in [2.45, 2.75) is 25.0 Å². The zero-order valence-corrected chi connectivity index (χ0v) is 12.2. The molecule has 4 heteroatoms. The highest BCUT2D eigenvalue weighted by atomic mass is 16.5. The van der Waals surface area contributed by atoms with Crippen LogP contribution in [0.2, 0.25) is 0 Å². The van der Waals surface area contributed by atoms with E-state index in [4.69, 9.17) is 10.5 Å². The van der Waals surface area contributed by atoms with Gasteiger partial charge in [0.15, 0.2) is 6.10 Å². The number of carbonyl (C=O) groups is 1. The molecule has 2 N–H and O–H groups in total. The van der Waals surface area contributed by atoms with Gasteiger partial charge in [-0.3, -0.25) is 4.79 Å². The predicted octanol–water partition coefficient (Wildman–Crippen LogP) is 1.91. The molecule has 2 aliphatic rings. The molecule has 2 atom stereocenters. The predicted molar refractivity (Wildman–Crippen MR) is 85.0 cm³/mol. The summed E-state index contributed by atoms with van der Waals surface area (Å²) in [6.45, 7) is 0.548. The molecule has 2 aromatic rings. The Balaban J connectivity index is 1.62. The molecular weight excluding hydrogens is 276 g/mol. The van der Waals surface area contributed by atoms with Crippen LogP contribution in [0.15, 0.2) is 48.5 Å². The SMILES string of the molecule is NC1Cc2ccccc2N(C(=O)C2Cc3ccccc3O2)C1. The van der Waals surface area contributed by atoms with Crippen molar-refractivity contribution in [3.05, 3.63) is 59.7 Å². The van der Waals surface area contributed by atoms with Gasteiger partial charge in [0.2, 0.25) is 0 Å². The maximum atomic E-state index is 12.9. The van der Waals surface area contributed by atoms with Crippen LogP contribution >= 0.6 is 0 Å². The molecule has 2 aliphatic heterocycles. The Bertz CT molecular complexity index is 704. The molecule has 2 heterocycles. The topological polar surface area (TPSA) is 55.6 Å². The van der Waals surface area contributed by atoms with E-state index in [-0.39, 0.29) is 11.9 Å². The molecule has 0 radical (unpaired) electrons. The number of benzene rings is 2. The van der Waals surface area contributed by atoms with E-state index in [2.05, 4.69) is 0 Å². The molecular formula is C18H18N2O2. The third kappa shape index (κ3) is 2.16. The molecule has 22 heavy (non-hydrogen) atoms. The maximum Gasteiger partial charge on any atom is 0.268 e. The van der Waals surface area contributed by atoms with E-state index in [9.17, 15) is 4.79 Å². The number of nitrogens with zero attached hydrogens (tertiary/aromatic N) is 1. The minimum atomic E-state index is -0.448. The van der Waals surface area contributed by atoms with Crippen LogP contribution in [-0.4, -0.2) is 24.6 Å². The number of ether oxygens (including phenoxy) is 1. The lowest BCUT2D eigenvalue weighted by molar-refractivity contribution is -0.124. The van der Waals surface area contributed by atoms with Gasteiger partial charge in [0.05, 0.1) is 0 Å². The van der Waals surface area contributed by atoms with Crippen LogP contribution in [0.5, 0.6) is 5.75 Å². The van der Waals surface area contributed by atoms with E-state index in [1.165, 1.54) is 0 Å². The van der Waals surface area contributed by atoms with Gasteiger partial charge in [-0.15, -0.1) is 0 Å². The number of hydrogen-bond donors (Lipinski definition) is 1. The number of carbonyl (C=O) groups excluding carboxylic acids is 1. The van der Waals surface area contributed by atoms with Crippen molar-refractivity contribution in [2.24, 2.45) is 5.73 Å². The molecule has 1 amide bonds. The first-order valence-corrected chi connectivity index (χ1v) is 7.62. The first-order chi connectivity index (χ1) is 10.7. The Kier molecular flexibility index (Phi) is 3.12. The average Bonchev–Trinajstić information content (AvgIpc) is 2.97. The van der Waals surface area contributed by atoms with E-state index in [1.54, 1.807) is 4.90 Å². The summed E-state index contributed by atoms with van der Waals surface area (Å²) in [6, 6.07) is 15.8. The fourth-order valence-electron chi connectivity index (χ4n) is 3.33. The molecule has 0 spiro atoms. The molecule has 0 aliphatic carbocycles. The molecule has 0 saturated carbocycles. The van der Waals surface area contributed by atoms with Gasteiger partial charge in [-0.25, -0.2) is 0 Å². The van der Waals surface area contributed by atoms with E-state index < -0.39 is 6.10 Å². The lowest BCUT2D eigenvalue weighted by atomic mass is 9.97. The Morgan fingerprint density at radius 3 is 2.59 bits per heavy atom. The van der Waals surface area contributed by atoms with E-state index in [0.717, 1.165) is 29.0 Å². The number of para-hydroxylation sites is 2. The van der Waals surface area contributed by atoms with Crippen molar-refractivity contribution >= 4 is 11.6 Å². The van der Waals surface area contributed by atoms with Gasteiger partial charge in [-0.05, 0) is 29.7 Å². The Labute approximate surface area is 129 Å². The highest BCUT2D eigenvalue weighted by molar-refractivity contribution is 5.98. The number of fused-ring (bicyclic) bond motifs is 2. The third-order valence-electron chi connectivity index (χ3n) is 4.37.